The normalized spacial score (nSPS) is 10.0. The molecule has 0 unspecified atom stereocenters. The number of nitrogen functional groups attached to an aromatic ring is 1. The maximum atomic E-state index is 11.5. The number of amides is 1. The summed E-state index contributed by atoms with van der Waals surface area (Å²) in [5.41, 5.74) is 6.81. The van der Waals surface area contributed by atoms with E-state index in [1.165, 1.54) is 0 Å². The number of benzene rings is 2. The van der Waals surface area contributed by atoms with E-state index in [4.69, 9.17) is 15.2 Å². The van der Waals surface area contributed by atoms with E-state index in [1.54, 1.807) is 31.3 Å². The Balaban J connectivity index is 2.19. The van der Waals surface area contributed by atoms with Gasteiger partial charge in [0.2, 0.25) is 0 Å². The van der Waals surface area contributed by atoms with Crippen molar-refractivity contribution < 1.29 is 14.3 Å². The van der Waals surface area contributed by atoms with Crippen LogP contribution in [0.15, 0.2) is 42.5 Å². The van der Waals surface area contributed by atoms with Crippen LogP contribution in [-0.2, 0) is 0 Å². The van der Waals surface area contributed by atoms with Gasteiger partial charge in [-0.1, -0.05) is 6.07 Å². The van der Waals surface area contributed by atoms with Gasteiger partial charge in [0.15, 0.2) is 0 Å². The third-order valence-corrected chi connectivity index (χ3v) is 2.84. The largest absolute Gasteiger partial charge is 0.494 e. The van der Waals surface area contributed by atoms with Crippen molar-refractivity contribution in [3.05, 3.63) is 48.0 Å². The number of carbonyl (C=O) groups is 1. The maximum absolute atomic E-state index is 11.5. The van der Waals surface area contributed by atoms with Crippen molar-refractivity contribution in [1.29, 1.82) is 0 Å². The molecule has 0 radical (unpaired) electrons. The molecule has 0 atom stereocenters. The van der Waals surface area contributed by atoms with Gasteiger partial charge in [0.25, 0.3) is 5.91 Å². The Labute approximate surface area is 123 Å². The molecule has 5 heteroatoms. The summed E-state index contributed by atoms with van der Waals surface area (Å²) in [6, 6.07) is 12.2. The Morgan fingerprint density at radius 3 is 2.62 bits per heavy atom. The second-order valence-corrected chi connectivity index (χ2v) is 4.34. The summed E-state index contributed by atoms with van der Waals surface area (Å²) in [6.45, 7) is 2.51. The van der Waals surface area contributed by atoms with Gasteiger partial charge in [0.05, 0.1) is 12.3 Å². The van der Waals surface area contributed by atoms with Crippen molar-refractivity contribution in [3.63, 3.8) is 0 Å². The van der Waals surface area contributed by atoms with Crippen molar-refractivity contribution >= 4 is 11.6 Å². The molecule has 2 aromatic carbocycles. The van der Waals surface area contributed by atoms with Crippen LogP contribution in [0, 0.1) is 0 Å². The first-order valence-electron chi connectivity index (χ1n) is 6.66. The third-order valence-electron chi connectivity index (χ3n) is 2.84. The number of ether oxygens (including phenoxy) is 2. The van der Waals surface area contributed by atoms with E-state index >= 15 is 0 Å². The molecule has 0 aromatic heterocycles. The predicted molar refractivity (Wildman–Crippen MR) is 81.9 cm³/mol. The minimum atomic E-state index is -0.188. The first kappa shape index (κ1) is 14.7. The first-order chi connectivity index (χ1) is 10.1. The second-order valence-electron chi connectivity index (χ2n) is 4.34. The van der Waals surface area contributed by atoms with Gasteiger partial charge in [-0.05, 0) is 37.3 Å². The topological polar surface area (TPSA) is 73.6 Å². The fourth-order valence-corrected chi connectivity index (χ4v) is 1.85. The minimum absolute atomic E-state index is 0.188. The number of hydrogen-bond acceptors (Lipinski definition) is 4. The molecule has 0 aliphatic carbocycles. The summed E-state index contributed by atoms with van der Waals surface area (Å²) in [6.07, 6.45) is 0. The zero-order chi connectivity index (χ0) is 15.2. The van der Waals surface area contributed by atoms with Crippen LogP contribution in [0.2, 0.25) is 0 Å². The number of carbonyl (C=O) groups excluding carboxylic acids is 1. The van der Waals surface area contributed by atoms with E-state index in [9.17, 15) is 4.79 Å². The number of rotatable bonds is 5. The van der Waals surface area contributed by atoms with Gasteiger partial charge in [-0.2, -0.15) is 0 Å². The van der Waals surface area contributed by atoms with Gasteiger partial charge in [-0.25, -0.2) is 0 Å². The molecule has 2 aromatic rings. The molecule has 0 spiro atoms. The average Bonchev–Trinajstić information content (AvgIpc) is 2.49. The molecule has 5 nitrogen and oxygen atoms in total. The van der Waals surface area contributed by atoms with Crippen molar-refractivity contribution in [2.75, 3.05) is 19.4 Å². The number of hydrogen-bond donors (Lipinski definition) is 2. The predicted octanol–water partition coefficient (Wildman–Crippen LogP) is 2.82. The zero-order valence-corrected chi connectivity index (χ0v) is 12.1. The molecule has 0 saturated heterocycles. The molecular weight excluding hydrogens is 268 g/mol. The van der Waals surface area contributed by atoms with Crippen LogP contribution in [0.1, 0.15) is 17.3 Å². The number of nitrogens with one attached hydrogen (secondary N) is 1. The highest BCUT2D eigenvalue weighted by Crippen LogP contribution is 2.30. The van der Waals surface area contributed by atoms with Crippen molar-refractivity contribution in [2.45, 2.75) is 6.92 Å². The lowest BCUT2D eigenvalue weighted by molar-refractivity contribution is 0.0963. The highest BCUT2D eigenvalue weighted by molar-refractivity contribution is 5.95. The molecule has 3 N–H and O–H groups in total. The summed E-state index contributed by atoms with van der Waals surface area (Å²) >= 11 is 0. The van der Waals surface area contributed by atoms with Crippen LogP contribution in [0.5, 0.6) is 17.2 Å². The van der Waals surface area contributed by atoms with Gasteiger partial charge in [0.1, 0.15) is 17.2 Å². The maximum Gasteiger partial charge on any atom is 0.251 e. The molecule has 1 amide bonds. The minimum Gasteiger partial charge on any atom is -0.494 e. The summed E-state index contributed by atoms with van der Waals surface area (Å²) in [5, 5.41) is 2.55. The number of nitrogens with two attached hydrogens (primary N) is 1. The third kappa shape index (κ3) is 3.66. The SMILES string of the molecule is CCOc1cccc(Oc2ccc(C(=O)NC)cc2N)c1. The lowest BCUT2D eigenvalue weighted by Crippen LogP contribution is -2.17. The lowest BCUT2D eigenvalue weighted by Gasteiger charge is -2.11. The van der Waals surface area contributed by atoms with Crippen molar-refractivity contribution in [3.8, 4) is 17.2 Å². The Morgan fingerprint density at radius 2 is 1.95 bits per heavy atom. The van der Waals surface area contributed by atoms with Gasteiger partial charge in [0, 0.05) is 18.7 Å². The van der Waals surface area contributed by atoms with E-state index in [1.807, 2.05) is 25.1 Å². The fourth-order valence-electron chi connectivity index (χ4n) is 1.85. The fraction of sp³-hybridized carbons (Fsp3) is 0.188. The molecule has 0 saturated carbocycles. The smallest absolute Gasteiger partial charge is 0.251 e. The Bertz CT molecular complexity index is 641. The molecular formula is C16H18N2O3. The van der Waals surface area contributed by atoms with E-state index in [-0.39, 0.29) is 5.91 Å². The monoisotopic (exact) mass is 286 g/mol. The van der Waals surface area contributed by atoms with Gasteiger partial charge in [-0.3, -0.25) is 4.79 Å². The molecule has 2 rings (SSSR count). The molecule has 0 aliphatic heterocycles. The molecule has 110 valence electrons. The van der Waals surface area contributed by atoms with Gasteiger partial charge < -0.3 is 20.5 Å². The van der Waals surface area contributed by atoms with E-state index in [0.29, 0.717) is 29.4 Å². The molecule has 21 heavy (non-hydrogen) atoms. The lowest BCUT2D eigenvalue weighted by atomic mass is 10.2. The van der Waals surface area contributed by atoms with Crippen LogP contribution in [0.25, 0.3) is 0 Å². The van der Waals surface area contributed by atoms with Crippen molar-refractivity contribution in [1.82, 2.24) is 5.32 Å². The highest BCUT2D eigenvalue weighted by Gasteiger charge is 2.08. The Morgan fingerprint density at radius 1 is 1.19 bits per heavy atom. The Kier molecular flexibility index (Phi) is 4.66. The quantitative estimate of drug-likeness (QED) is 0.829. The summed E-state index contributed by atoms with van der Waals surface area (Å²) < 4.78 is 11.1. The molecule has 0 heterocycles. The summed E-state index contributed by atoms with van der Waals surface area (Å²) in [4.78, 5) is 11.5. The summed E-state index contributed by atoms with van der Waals surface area (Å²) in [5.74, 6) is 1.67. The second kappa shape index (κ2) is 6.65. The van der Waals surface area contributed by atoms with E-state index < -0.39 is 0 Å². The van der Waals surface area contributed by atoms with E-state index in [2.05, 4.69) is 5.32 Å². The first-order valence-corrected chi connectivity index (χ1v) is 6.66. The highest BCUT2D eigenvalue weighted by atomic mass is 16.5. The molecule has 0 bridgehead atoms. The Hall–Kier alpha value is -2.69. The zero-order valence-electron chi connectivity index (χ0n) is 12.1. The van der Waals surface area contributed by atoms with Crippen LogP contribution >= 0.6 is 0 Å². The van der Waals surface area contributed by atoms with Crippen LogP contribution in [0.4, 0.5) is 5.69 Å². The standard InChI is InChI=1S/C16H18N2O3/c1-3-20-12-5-4-6-13(10-12)21-15-8-7-11(9-14(15)17)16(19)18-2/h4-10H,3,17H2,1-2H3,(H,18,19). The summed E-state index contributed by atoms with van der Waals surface area (Å²) in [7, 11) is 1.57. The number of anilines is 1. The molecule has 0 fully saturated rings. The van der Waals surface area contributed by atoms with Crippen LogP contribution in [-0.4, -0.2) is 19.6 Å². The van der Waals surface area contributed by atoms with Gasteiger partial charge >= 0.3 is 0 Å². The van der Waals surface area contributed by atoms with E-state index in [0.717, 1.165) is 5.75 Å². The van der Waals surface area contributed by atoms with Crippen LogP contribution in [0.3, 0.4) is 0 Å². The molecule has 0 aliphatic rings. The van der Waals surface area contributed by atoms with Crippen LogP contribution < -0.4 is 20.5 Å². The van der Waals surface area contributed by atoms with Crippen molar-refractivity contribution in [2.24, 2.45) is 0 Å². The average molecular weight is 286 g/mol. The van der Waals surface area contributed by atoms with Gasteiger partial charge in [-0.15, -0.1) is 0 Å².